The maximum atomic E-state index is 14.6. The zero-order chi connectivity index (χ0) is 27.8. The number of esters is 1. The van der Waals surface area contributed by atoms with Crippen LogP contribution < -0.4 is 9.80 Å². The molecule has 208 valence electrons. The van der Waals surface area contributed by atoms with Gasteiger partial charge in [-0.3, -0.25) is 14.4 Å². The second-order valence-corrected chi connectivity index (χ2v) is 12.1. The molecule has 1 aromatic carbocycles. The van der Waals surface area contributed by atoms with E-state index in [1.165, 1.54) is 0 Å². The van der Waals surface area contributed by atoms with Crippen LogP contribution in [-0.2, 0) is 19.1 Å². The van der Waals surface area contributed by atoms with Crippen LogP contribution in [0.1, 0.15) is 41.0 Å². The van der Waals surface area contributed by atoms with Gasteiger partial charge in [-0.15, -0.1) is 18.3 Å². The molecule has 2 bridgehead atoms. The van der Waals surface area contributed by atoms with E-state index >= 15 is 0 Å². The first kappa shape index (κ1) is 28.5. The van der Waals surface area contributed by atoms with Crippen molar-refractivity contribution in [2.45, 2.75) is 63.1 Å². The van der Waals surface area contributed by atoms with Crippen molar-refractivity contribution >= 4 is 40.9 Å². The van der Waals surface area contributed by atoms with Crippen molar-refractivity contribution in [2.24, 2.45) is 17.8 Å². The molecule has 1 N–H and O–H groups in total. The molecule has 1 aromatic rings. The normalized spacial score (nSPS) is 30.2. The van der Waals surface area contributed by atoms with Crippen molar-refractivity contribution in [1.29, 1.82) is 0 Å². The number of anilines is 2. The first-order valence-electron chi connectivity index (χ1n) is 13.8. The highest BCUT2D eigenvalue weighted by molar-refractivity contribution is 8.02. The number of hydrogen-bond acceptors (Lipinski definition) is 7. The van der Waals surface area contributed by atoms with E-state index in [-0.39, 0.29) is 48.7 Å². The maximum absolute atomic E-state index is 14.6. The molecule has 0 radical (unpaired) electrons. The minimum atomic E-state index is -0.811. The minimum absolute atomic E-state index is 0.0394. The highest BCUT2D eigenvalue weighted by atomic mass is 32.2. The number of benzene rings is 1. The molecule has 0 saturated carbocycles. The summed E-state index contributed by atoms with van der Waals surface area (Å²) >= 11 is 1.61. The van der Waals surface area contributed by atoms with Crippen molar-refractivity contribution in [1.82, 2.24) is 4.90 Å². The van der Waals surface area contributed by atoms with Gasteiger partial charge in [0.1, 0.15) is 6.04 Å². The molecule has 3 heterocycles. The lowest BCUT2D eigenvalue weighted by molar-refractivity contribution is -0.154. The van der Waals surface area contributed by atoms with Crippen molar-refractivity contribution < 1.29 is 24.2 Å². The van der Waals surface area contributed by atoms with Crippen molar-refractivity contribution in [2.75, 3.05) is 42.6 Å². The van der Waals surface area contributed by atoms with Gasteiger partial charge in [0.15, 0.2) is 0 Å². The Morgan fingerprint density at radius 3 is 2.42 bits per heavy atom. The van der Waals surface area contributed by atoms with Crippen molar-refractivity contribution in [3.05, 3.63) is 36.9 Å². The van der Waals surface area contributed by atoms with E-state index in [9.17, 15) is 19.5 Å². The lowest BCUT2D eigenvalue weighted by Crippen LogP contribution is -2.59. The van der Waals surface area contributed by atoms with E-state index in [2.05, 4.69) is 32.3 Å². The minimum Gasteiger partial charge on any atom is -0.466 e. The predicted octanol–water partition coefficient (Wildman–Crippen LogP) is 3.33. The third kappa shape index (κ3) is 4.31. The Hall–Kier alpha value is -2.52. The van der Waals surface area contributed by atoms with E-state index in [0.717, 1.165) is 30.9 Å². The summed E-state index contributed by atoms with van der Waals surface area (Å²) in [7, 11) is 0. The van der Waals surface area contributed by atoms with Crippen LogP contribution in [0.4, 0.5) is 11.4 Å². The van der Waals surface area contributed by atoms with E-state index in [1.54, 1.807) is 41.5 Å². The number of aliphatic hydroxyl groups excluding tert-OH is 1. The van der Waals surface area contributed by atoms with Crippen LogP contribution in [-0.4, -0.2) is 82.7 Å². The smallest absolute Gasteiger partial charge is 0.310 e. The van der Waals surface area contributed by atoms with Gasteiger partial charge < -0.3 is 24.5 Å². The van der Waals surface area contributed by atoms with E-state index < -0.39 is 28.7 Å². The van der Waals surface area contributed by atoms with Crippen LogP contribution in [0.2, 0.25) is 0 Å². The molecule has 8 nitrogen and oxygen atoms in total. The Morgan fingerprint density at radius 1 is 1.24 bits per heavy atom. The number of rotatable bonds is 11. The number of carbonyl (C=O) groups is 3. The molecule has 2 amide bonds. The topological polar surface area (TPSA) is 90.4 Å². The Labute approximate surface area is 230 Å². The molecule has 3 aliphatic heterocycles. The third-order valence-electron chi connectivity index (χ3n) is 8.58. The van der Waals surface area contributed by atoms with Crippen LogP contribution in [0, 0.1) is 17.8 Å². The number of fused-ring (bicyclic) bond motifs is 1. The molecular formula is C29H41N3O5S. The summed E-state index contributed by atoms with van der Waals surface area (Å²) < 4.78 is 4.64. The van der Waals surface area contributed by atoms with Crippen LogP contribution in [0.25, 0.3) is 0 Å². The Balaban J connectivity index is 1.78. The first-order chi connectivity index (χ1) is 18.2. The van der Waals surface area contributed by atoms with Gasteiger partial charge in [0.25, 0.3) is 5.91 Å². The fourth-order valence-electron chi connectivity index (χ4n) is 6.84. The van der Waals surface area contributed by atoms with E-state index in [1.807, 2.05) is 24.3 Å². The van der Waals surface area contributed by atoms with Gasteiger partial charge in [-0.1, -0.05) is 13.0 Å². The molecule has 3 aliphatic rings. The number of amides is 2. The van der Waals surface area contributed by atoms with E-state index in [0.29, 0.717) is 0 Å². The lowest BCUT2D eigenvalue weighted by atomic mass is 9.66. The number of hydrogen-bond donors (Lipinski definition) is 1. The van der Waals surface area contributed by atoms with Gasteiger partial charge in [-0.05, 0) is 64.3 Å². The summed E-state index contributed by atoms with van der Waals surface area (Å²) in [6.45, 7) is 15.7. The second-order valence-electron chi connectivity index (χ2n) is 10.5. The van der Waals surface area contributed by atoms with Gasteiger partial charge >= 0.3 is 5.97 Å². The summed E-state index contributed by atoms with van der Waals surface area (Å²) in [6, 6.07) is 6.51. The molecule has 4 rings (SSSR count). The van der Waals surface area contributed by atoms with Gasteiger partial charge in [-0.2, -0.15) is 0 Å². The molecule has 38 heavy (non-hydrogen) atoms. The van der Waals surface area contributed by atoms with Crippen molar-refractivity contribution in [3.8, 4) is 0 Å². The fraction of sp³-hybridized carbons (Fsp3) is 0.621. The quantitative estimate of drug-likeness (QED) is 0.338. The van der Waals surface area contributed by atoms with Gasteiger partial charge in [0.2, 0.25) is 5.91 Å². The molecule has 9 heteroatoms. The maximum Gasteiger partial charge on any atom is 0.310 e. The Kier molecular flexibility index (Phi) is 8.47. The molecule has 3 unspecified atom stereocenters. The molecule has 3 fully saturated rings. The van der Waals surface area contributed by atoms with Crippen LogP contribution in [0.3, 0.4) is 0 Å². The summed E-state index contributed by atoms with van der Waals surface area (Å²) in [5.74, 6) is -2.01. The second kappa shape index (κ2) is 11.3. The standard InChI is InChI=1S/C29H41N3O5S/c1-7-15-31(21-13-11-20(12-14-21)30(8-2)9-3)27(35)25-29-18(5)16-22(38-29)23(28(36)37-10-4)24(29)26(34)32(25)19(6)17-33/h7,11-14,18-19,22-25,33H,1,8-10,15-17H2,2-6H3/t18?,19-,22+,23-,24+,25?,29?/m1/s1. The summed E-state index contributed by atoms with van der Waals surface area (Å²) in [4.78, 5) is 47.2. The van der Waals surface area contributed by atoms with Gasteiger partial charge in [-0.25, -0.2) is 0 Å². The highest BCUT2D eigenvalue weighted by Gasteiger charge is 2.77. The average molecular weight is 544 g/mol. The van der Waals surface area contributed by atoms with E-state index in [4.69, 9.17) is 4.74 Å². The number of ether oxygens (including phenoxy) is 1. The Bertz CT molecular complexity index is 1060. The third-order valence-corrected chi connectivity index (χ3v) is 10.7. The lowest BCUT2D eigenvalue weighted by Gasteiger charge is -2.41. The summed E-state index contributed by atoms with van der Waals surface area (Å²) in [6.07, 6.45) is 2.43. The summed E-state index contributed by atoms with van der Waals surface area (Å²) in [5.41, 5.74) is 1.80. The number of aliphatic hydroxyl groups is 1. The molecule has 3 saturated heterocycles. The van der Waals surface area contributed by atoms with Crippen LogP contribution >= 0.6 is 11.8 Å². The number of nitrogens with zero attached hydrogens (tertiary/aromatic N) is 3. The average Bonchev–Trinajstić information content (AvgIpc) is 3.51. The molecule has 0 aromatic heterocycles. The number of likely N-dealkylation sites (tertiary alicyclic amines) is 1. The van der Waals surface area contributed by atoms with Crippen LogP contribution in [0.5, 0.6) is 0 Å². The molecule has 7 atom stereocenters. The SMILES string of the molecule is C=CCN(C(=O)C1N([C@H](C)CO)C(=O)[C@@H]2[C@H](C(=O)OCC)[C@@H]3CC(C)C12S3)c1ccc(N(CC)CC)cc1. The molecule has 0 aliphatic carbocycles. The zero-order valence-electron chi connectivity index (χ0n) is 23.1. The van der Waals surface area contributed by atoms with Crippen LogP contribution in [0.15, 0.2) is 36.9 Å². The molecular weight excluding hydrogens is 502 g/mol. The molecule has 1 spiro atoms. The monoisotopic (exact) mass is 543 g/mol. The predicted molar refractivity (Wildman–Crippen MR) is 151 cm³/mol. The fourth-order valence-corrected chi connectivity index (χ4v) is 9.23. The summed E-state index contributed by atoms with van der Waals surface area (Å²) in [5, 5.41) is 10.0. The zero-order valence-corrected chi connectivity index (χ0v) is 23.9. The largest absolute Gasteiger partial charge is 0.466 e. The van der Waals surface area contributed by atoms with Crippen molar-refractivity contribution in [3.63, 3.8) is 0 Å². The Morgan fingerprint density at radius 2 is 1.87 bits per heavy atom. The highest BCUT2D eigenvalue weighted by Crippen LogP contribution is 2.69. The number of thioether (sulfide) groups is 1. The number of carbonyl (C=O) groups excluding carboxylic acids is 3. The van der Waals surface area contributed by atoms with Gasteiger partial charge in [0, 0.05) is 36.3 Å². The first-order valence-corrected chi connectivity index (χ1v) is 14.6. The van der Waals surface area contributed by atoms with Gasteiger partial charge in [0.05, 0.1) is 35.8 Å².